The average molecular weight is 607 g/mol. The Labute approximate surface area is 247 Å². The van der Waals surface area contributed by atoms with Gasteiger partial charge in [0.15, 0.2) is 0 Å². The molecule has 2 nitrogen and oxygen atoms in total. The van der Waals surface area contributed by atoms with E-state index in [9.17, 15) is 0 Å². The zero-order valence-corrected chi connectivity index (χ0v) is 24.9. The van der Waals surface area contributed by atoms with E-state index in [2.05, 4.69) is 188 Å². The zero-order valence-electron chi connectivity index (χ0n) is 21.3. The van der Waals surface area contributed by atoms with Gasteiger partial charge in [-0.2, -0.15) is 0 Å². The Kier molecular flexibility index (Phi) is 10.2. The van der Waals surface area contributed by atoms with Gasteiger partial charge in [-0.1, -0.05) is 133 Å². The first-order valence-electron chi connectivity index (χ1n) is 12.7. The van der Waals surface area contributed by atoms with Gasteiger partial charge in [-0.25, -0.2) is 0 Å². The van der Waals surface area contributed by atoms with Gasteiger partial charge < -0.3 is 9.62 Å². The third-order valence-electron chi connectivity index (χ3n) is 6.64. The molecule has 1 heterocycles. The van der Waals surface area contributed by atoms with Crippen molar-refractivity contribution in [1.82, 2.24) is 0 Å². The van der Waals surface area contributed by atoms with Gasteiger partial charge in [0.25, 0.3) is 0 Å². The third-order valence-corrected chi connectivity index (χ3v) is 11.5. The van der Waals surface area contributed by atoms with Crippen LogP contribution in [0.5, 0.6) is 0 Å². The summed E-state index contributed by atoms with van der Waals surface area (Å²) in [5.41, 5.74) is 2.58. The van der Waals surface area contributed by atoms with Crippen LogP contribution in [0.15, 0.2) is 146 Å². The average Bonchev–Trinajstić information content (AvgIpc) is 3.38. The monoisotopic (exact) mass is 606 g/mol. The number of rotatable bonds is 8. The summed E-state index contributed by atoms with van der Waals surface area (Å²) in [5.74, 6) is 0. The second kappa shape index (κ2) is 14.2. The summed E-state index contributed by atoms with van der Waals surface area (Å²) < 4.78 is 0. The molecule has 0 spiro atoms. The number of hydrogen-bond acceptors (Lipinski definition) is 2. The molecule has 0 unspecified atom stereocenters. The van der Waals surface area contributed by atoms with Crippen molar-refractivity contribution >= 4 is 66.2 Å². The molecule has 0 bridgehead atoms. The van der Waals surface area contributed by atoms with E-state index in [1.54, 1.807) is 0 Å². The molecule has 5 aromatic rings. The maximum absolute atomic E-state index is 4.26. The van der Waals surface area contributed by atoms with Gasteiger partial charge in [-0.15, -0.1) is 0 Å². The Morgan fingerprint density at radius 3 is 0.974 bits per heavy atom. The first kappa shape index (κ1) is 28.0. The fourth-order valence-corrected chi connectivity index (χ4v) is 9.27. The number of benzene rings is 5. The number of halogens is 1. The maximum atomic E-state index is 4.26. The second-order valence-corrected chi connectivity index (χ2v) is 13.4. The number of nitrogens with zero attached hydrogens (tertiary/aromatic N) is 2. The summed E-state index contributed by atoms with van der Waals surface area (Å²) in [4.78, 5) is 4.95. The Morgan fingerprint density at radius 1 is 0.436 bits per heavy atom. The molecule has 1 radical (unpaired) electrons. The van der Waals surface area contributed by atoms with Crippen molar-refractivity contribution in [2.45, 2.75) is 0 Å². The molecule has 7 heteroatoms. The molecule has 0 atom stereocenters. The third kappa shape index (κ3) is 6.77. The van der Waals surface area contributed by atoms with Crippen LogP contribution in [-0.2, 0) is 14.6 Å². The van der Waals surface area contributed by atoms with Gasteiger partial charge in [-0.05, 0) is 49.2 Å². The Balaban J connectivity index is 0.00000151. The van der Waals surface area contributed by atoms with E-state index in [0.717, 1.165) is 12.6 Å². The van der Waals surface area contributed by atoms with Crippen LogP contribution in [0.1, 0.15) is 0 Å². The SMILES string of the molecule is [B]1N(CP(c2ccccc2)c2ccccc2)c2ccccc2N1CP(c1ccccc1)c1ccccc1.[Cl][Ni]. The molecule has 0 saturated carbocycles. The van der Waals surface area contributed by atoms with E-state index in [4.69, 9.17) is 0 Å². The molecule has 0 aliphatic carbocycles. The van der Waals surface area contributed by atoms with Gasteiger partial charge >= 0.3 is 32.3 Å². The molecule has 0 fully saturated rings. The summed E-state index contributed by atoms with van der Waals surface area (Å²) in [5, 5.41) is 5.63. The van der Waals surface area contributed by atoms with Crippen LogP contribution in [0.2, 0.25) is 0 Å². The normalized spacial score (nSPS) is 12.1. The van der Waals surface area contributed by atoms with Crippen LogP contribution >= 0.6 is 26.0 Å². The summed E-state index contributed by atoms with van der Waals surface area (Å²) in [6, 6.07) is 52.8. The second-order valence-electron chi connectivity index (χ2n) is 9.02. The van der Waals surface area contributed by atoms with Crippen molar-refractivity contribution in [3.8, 4) is 0 Å². The molecule has 0 N–H and O–H groups in total. The fourth-order valence-electron chi connectivity index (χ4n) is 4.83. The minimum atomic E-state index is -0.540. The molecule has 1 aliphatic heterocycles. The summed E-state index contributed by atoms with van der Waals surface area (Å²) in [7, 11) is 5.54. The Bertz CT molecular complexity index is 1240. The molecule has 6 rings (SSSR count). The van der Waals surface area contributed by atoms with Crippen LogP contribution in [0.4, 0.5) is 11.4 Å². The van der Waals surface area contributed by atoms with E-state index < -0.39 is 15.8 Å². The predicted octanol–water partition coefficient (Wildman–Crippen LogP) is 6.72. The molecular weight excluding hydrogens is 579 g/mol. The van der Waals surface area contributed by atoms with Crippen LogP contribution in [0, 0.1) is 0 Å². The number of fused-ring (bicyclic) bond motifs is 1. The first-order chi connectivity index (χ1) is 19.4. The van der Waals surface area contributed by atoms with Crippen LogP contribution in [-0.4, -0.2) is 20.1 Å². The molecular formula is C32H28BClN2NiP2. The number of hydrogen-bond donors (Lipinski definition) is 0. The molecule has 39 heavy (non-hydrogen) atoms. The van der Waals surface area contributed by atoms with Crippen molar-refractivity contribution in [2.24, 2.45) is 0 Å². The van der Waals surface area contributed by atoms with Crippen LogP contribution in [0.25, 0.3) is 0 Å². The van der Waals surface area contributed by atoms with Crippen molar-refractivity contribution in [3.05, 3.63) is 146 Å². The molecule has 0 aromatic heterocycles. The molecule has 0 saturated heterocycles. The van der Waals surface area contributed by atoms with E-state index in [0.29, 0.717) is 0 Å². The van der Waals surface area contributed by atoms with Crippen molar-refractivity contribution in [1.29, 1.82) is 0 Å². The molecule has 1 aliphatic rings. The van der Waals surface area contributed by atoms with Crippen LogP contribution in [0.3, 0.4) is 0 Å². The predicted molar refractivity (Wildman–Crippen MR) is 171 cm³/mol. The van der Waals surface area contributed by atoms with E-state index in [1.807, 2.05) is 0 Å². The topological polar surface area (TPSA) is 6.48 Å². The molecule has 5 aromatic carbocycles. The van der Waals surface area contributed by atoms with Crippen LogP contribution < -0.4 is 30.8 Å². The fraction of sp³-hybridized carbons (Fsp3) is 0.0625. The summed E-state index contributed by atoms with van der Waals surface area (Å²) >= 11 is 3.35. The molecule has 196 valence electrons. The minimum absolute atomic E-state index is 0.540. The van der Waals surface area contributed by atoms with E-state index in [-0.39, 0.29) is 0 Å². The zero-order chi connectivity index (χ0) is 26.9. The van der Waals surface area contributed by atoms with Gasteiger partial charge in [0.1, 0.15) is 0 Å². The van der Waals surface area contributed by atoms with E-state index in [1.165, 1.54) is 32.6 Å². The molecule has 0 amide bonds. The standard InChI is InChI=1S/C32H28BN2P2.ClH.Ni/c1-5-15-27(16-6-1)36(28-17-7-2-8-18-28)25-34-31-23-13-14-24-32(31)35(33-34)26-37(29-19-9-3-10-20-29)30-21-11-4-12-22-30;;/h1-24H,25-26H2;1H;/q;;+1/p-1. The summed E-state index contributed by atoms with van der Waals surface area (Å²) in [6.45, 7) is 0. The first-order valence-corrected chi connectivity index (χ1v) is 17.1. The Morgan fingerprint density at radius 2 is 0.692 bits per heavy atom. The summed E-state index contributed by atoms with van der Waals surface area (Å²) in [6.07, 6.45) is 1.90. The van der Waals surface area contributed by atoms with Gasteiger partial charge in [0.2, 0.25) is 0 Å². The van der Waals surface area contributed by atoms with Crippen molar-refractivity contribution in [2.75, 3.05) is 22.2 Å². The van der Waals surface area contributed by atoms with Gasteiger partial charge in [-0.3, -0.25) is 0 Å². The Hall–Kier alpha value is -2.59. The van der Waals surface area contributed by atoms with Crippen molar-refractivity contribution < 1.29 is 14.6 Å². The van der Waals surface area contributed by atoms with Crippen molar-refractivity contribution in [3.63, 3.8) is 0 Å². The van der Waals surface area contributed by atoms with E-state index >= 15 is 0 Å². The van der Waals surface area contributed by atoms with Gasteiger partial charge in [0.05, 0.1) is 0 Å². The number of anilines is 2. The van der Waals surface area contributed by atoms with Gasteiger partial charge in [0, 0.05) is 23.9 Å². The quantitative estimate of drug-likeness (QED) is 0.143. The number of para-hydroxylation sites is 2.